The molecule has 10 heteroatoms. The summed E-state index contributed by atoms with van der Waals surface area (Å²) in [6.45, 7) is 3.68. The van der Waals surface area contributed by atoms with Crippen molar-refractivity contribution in [3.05, 3.63) is 123 Å². The van der Waals surface area contributed by atoms with Gasteiger partial charge in [-0.25, -0.2) is 4.68 Å². The predicted octanol–water partition coefficient (Wildman–Crippen LogP) is 5.28. The zero-order chi connectivity index (χ0) is 26.8. The van der Waals surface area contributed by atoms with Gasteiger partial charge in [-0.1, -0.05) is 48.0 Å². The summed E-state index contributed by atoms with van der Waals surface area (Å²) in [6.07, 6.45) is 1.42. The minimum Gasteiger partial charge on any atom is -0.343 e. The molecule has 3 aromatic carbocycles. The molecule has 2 heterocycles. The van der Waals surface area contributed by atoms with E-state index < -0.39 is 16.9 Å². The highest BCUT2D eigenvalue weighted by Gasteiger charge is 2.36. The average Bonchev–Trinajstić information content (AvgIpc) is 3.33. The number of benzene rings is 3. The number of nitrogens with zero attached hydrogens (tertiary/aromatic N) is 3. The number of allylic oxidation sites excluding steroid dienone is 1. The minimum atomic E-state index is -0.823. The SMILES string of the molecule is CC1=C(C(=O)Nc2ccccc2)C(c2cccc([N+](=O)[O-])c2)n2ncc(C(=O)Nc3ccc(C)cc3)c2N1. The minimum absolute atomic E-state index is 0.118. The maximum atomic E-state index is 13.5. The van der Waals surface area contributed by atoms with Crippen LogP contribution in [0.4, 0.5) is 22.9 Å². The van der Waals surface area contributed by atoms with E-state index in [4.69, 9.17) is 0 Å². The van der Waals surface area contributed by atoms with Crippen molar-refractivity contribution in [2.75, 3.05) is 16.0 Å². The summed E-state index contributed by atoms with van der Waals surface area (Å²) in [5.74, 6) is -0.408. The van der Waals surface area contributed by atoms with Crippen LogP contribution in [0.2, 0.25) is 0 Å². The monoisotopic (exact) mass is 508 g/mol. The Kier molecular flexibility index (Phi) is 6.44. The average molecular weight is 509 g/mol. The van der Waals surface area contributed by atoms with Gasteiger partial charge in [-0.15, -0.1) is 0 Å². The third-order valence-corrected chi connectivity index (χ3v) is 6.25. The summed E-state index contributed by atoms with van der Waals surface area (Å²) < 4.78 is 1.51. The van der Waals surface area contributed by atoms with Crippen LogP contribution in [0.25, 0.3) is 0 Å². The number of hydrogen-bond acceptors (Lipinski definition) is 6. The van der Waals surface area contributed by atoms with E-state index in [1.807, 2.05) is 25.1 Å². The van der Waals surface area contributed by atoms with Crippen molar-refractivity contribution in [3.8, 4) is 0 Å². The summed E-state index contributed by atoms with van der Waals surface area (Å²) in [6, 6.07) is 21.6. The van der Waals surface area contributed by atoms with E-state index in [0.717, 1.165) is 5.56 Å². The highest BCUT2D eigenvalue weighted by atomic mass is 16.6. The standard InChI is InChI=1S/C28H24N6O4/c1-17-11-13-21(14-12-17)31-27(35)23-16-29-33-25(19-7-6-10-22(15-19)34(37)38)24(18(2)30-26(23)33)28(36)32-20-8-4-3-5-9-20/h3-16,25,30H,1-2H3,(H,31,35)(H,32,36). The molecule has 5 rings (SSSR count). The summed E-state index contributed by atoms with van der Waals surface area (Å²) in [5, 5.41) is 24.9. The number of rotatable bonds is 6. The second-order valence-corrected chi connectivity index (χ2v) is 8.91. The van der Waals surface area contributed by atoms with Gasteiger partial charge >= 0.3 is 0 Å². The lowest BCUT2D eigenvalue weighted by Gasteiger charge is -2.30. The first-order valence-corrected chi connectivity index (χ1v) is 11.9. The molecule has 0 aliphatic carbocycles. The molecule has 1 atom stereocenters. The van der Waals surface area contributed by atoms with Crippen LogP contribution in [0.5, 0.6) is 0 Å². The summed E-state index contributed by atoms with van der Waals surface area (Å²) in [7, 11) is 0. The Morgan fingerprint density at radius 2 is 1.61 bits per heavy atom. The molecule has 0 spiro atoms. The number of non-ortho nitro benzene ring substituents is 1. The largest absolute Gasteiger partial charge is 0.343 e. The molecular weight excluding hydrogens is 484 g/mol. The maximum Gasteiger partial charge on any atom is 0.269 e. The Balaban J connectivity index is 1.57. The lowest BCUT2D eigenvalue weighted by Crippen LogP contribution is -2.32. The zero-order valence-corrected chi connectivity index (χ0v) is 20.6. The van der Waals surface area contributed by atoms with Crippen LogP contribution < -0.4 is 16.0 Å². The predicted molar refractivity (Wildman–Crippen MR) is 144 cm³/mol. The number of carbonyl (C=O) groups excluding carboxylic acids is 2. The highest BCUT2D eigenvalue weighted by Crippen LogP contribution is 2.38. The number of fused-ring (bicyclic) bond motifs is 1. The Labute approximate surface area is 218 Å². The van der Waals surface area contributed by atoms with E-state index in [9.17, 15) is 19.7 Å². The Hall–Kier alpha value is -5.25. The number of nitro groups is 1. The van der Waals surface area contributed by atoms with E-state index in [1.54, 1.807) is 55.5 Å². The van der Waals surface area contributed by atoms with Gasteiger partial charge in [0, 0.05) is 29.2 Å². The van der Waals surface area contributed by atoms with E-state index in [0.29, 0.717) is 34.0 Å². The molecule has 38 heavy (non-hydrogen) atoms. The number of aromatic nitrogens is 2. The van der Waals surface area contributed by atoms with Gasteiger partial charge in [0.1, 0.15) is 17.4 Å². The third-order valence-electron chi connectivity index (χ3n) is 6.25. The van der Waals surface area contributed by atoms with Crippen LogP contribution in [-0.4, -0.2) is 26.5 Å². The first-order valence-electron chi connectivity index (χ1n) is 11.9. The second kappa shape index (κ2) is 10.0. The number of hydrogen-bond donors (Lipinski definition) is 3. The van der Waals surface area contributed by atoms with Crippen LogP contribution in [0.1, 0.15) is 34.5 Å². The molecule has 1 unspecified atom stereocenters. The molecule has 0 saturated heterocycles. The van der Waals surface area contributed by atoms with E-state index >= 15 is 0 Å². The Bertz CT molecular complexity index is 1570. The molecular formula is C28H24N6O4. The molecule has 4 aromatic rings. The molecule has 1 aromatic heterocycles. The number of nitro benzene ring substituents is 1. The molecule has 0 bridgehead atoms. The maximum absolute atomic E-state index is 13.5. The number of carbonyl (C=O) groups is 2. The molecule has 0 radical (unpaired) electrons. The third kappa shape index (κ3) is 4.74. The number of para-hydroxylation sites is 1. The van der Waals surface area contributed by atoms with Crippen molar-refractivity contribution >= 4 is 34.7 Å². The van der Waals surface area contributed by atoms with Gasteiger partial charge in [0.25, 0.3) is 17.5 Å². The van der Waals surface area contributed by atoms with Crippen LogP contribution in [0.3, 0.4) is 0 Å². The van der Waals surface area contributed by atoms with Gasteiger partial charge < -0.3 is 16.0 Å². The van der Waals surface area contributed by atoms with E-state index in [1.165, 1.54) is 23.0 Å². The Morgan fingerprint density at radius 3 is 2.32 bits per heavy atom. The molecule has 190 valence electrons. The summed E-state index contributed by atoms with van der Waals surface area (Å²) in [5.41, 5.74) is 3.72. The van der Waals surface area contributed by atoms with Crippen molar-refractivity contribution in [1.29, 1.82) is 0 Å². The van der Waals surface area contributed by atoms with Gasteiger partial charge in [-0.05, 0) is 43.7 Å². The van der Waals surface area contributed by atoms with Crippen LogP contribution in [0, 0.1) is 17.0 Å². The zero-order valence-electron chi connectivity index (χ0n) is 20.6. The lowest BCUT2D eigenvalue weighted by molar-refractivity contribution is -0.384. The summed E-state index contributed by atoms with van der Waals surface area (Å²) in [4.78, 5) is 37.8. The van der Waals surface area contributed by atoms with Gasteiger partial charge in [0.15, 0.2) is 0 Å². The van der Waals surface area contributed by atoms with Crippen molar-refractivity contribution in [3.63, 3.8) is 0 Å². The Morgan fingerprint density at radius 1 is 0.921 bits per heavy atom. The normalized spacial score (nSPS) is 14.3. The quantitative estimate of drug-likeness (QED) is 0.240. The number of anilines is 3. The molecule has 1 aliphatic heterocycles. The van der Waals surface area contributed by atoms with Crippen molar-refractivity contribution in [1.82, 2.24) is 9.78 Å². The molecule has 0 saturated carbocycles. The summed E-state index contributed by atoms with van der Waals surface area (Å²) >= 11 is 0. The second-order valence-electron chi connectivity index (χ2n) is 8.91. The fourth-order valence-electron chi connectivity index (χ4n) is 4.39. The lowest BCUT2D eigenvalue weighted by atomic mass is 9.94. The number of nitrogens with one attached hydrogen (secondary N) is 3. The topological polar surface area (TPSA) is 131 Å². The number of amides is 2. The van der Waals surface area contributed by atoms with E-state index in [2.05, 4.69) is 21.0 Å². The van der Waals surface area contributed by atoms with Crippen molar-refractivity contribution in [2.45, 2.75) is 19.9 Å². The van der Waals surface area contributed by atoms with Crippen LogP contribution in [0.15, 0.2) is 96.3 Å². The fraction of sp³-hybridized carbons (Fsp3) is 0.107. The van der Waals surface area contributed by atoms with Crippen molar-refractivity contribution in [2.24, 2.45) is 0 Å². The first-order chi connectivity index (χ1) is 18.3. The van der Waals surface area contributed by atoms with Gasteiger partial charge in [-0.2, -0.15) is 5.10 Å². The first kappa shape index (κ1) is 24.4. The molecule has 3 N–H and O–H groups in total. The molecule has 0 fully saturated rings. The smallest absolute Gasteiger partial charge is 0.269 e. The molecule has 10 nitrogen and oxygen atoms in total. The fourth-order valence-corrected chi connectivity index (χ4v) is 4.39. The van der Waals surface area contributed by atoms with Crippen molar-refractivity contribution < 1.29 is 14.5 Å². The highest BCUT2D eigenvalue weighted by molar-refractivity contribution is 6.09. The van der Waals surface area contributed by atoms with Gasteiger partial charge in [-0.3, -0.25) is 19.7 Å². The number of aryl methyl sites for hydroxylation is 1. The molecule has 2 amide bonds. The van der Waals surface area contributed by atoms with E-state index in [-0.39, 0.29) is 17.2 Å². The van der Waals surface area contributed by atoms with Gasteiger partial charge in [0.05, 0.1) is 16.7 Å². The molecule has 1 aliphatic rings. The van der Waals surface area contributed by atoms with Gasteiger partial charge in [0.2, 0.25) is 0 Å². The van der Waals surface area contributed by atoms with Crippen LogP contribution in [-0.2, 0) is 4.79 Å². The van der Waals surface area contributed by atoms with Crippen LogP contribution >= 0.6 is 0 Å².